The third-order valence-corrected chi connectivity index (χ3v) is 3.87. The lowest BCUT2D eigenvalue weighted by Crippen LogP contribution is -2.31. The molecule has 0 spiro atoms. The highest BCUT2D eigenvalue weighted by Gasteiger charge is 2.34. The molecule has 1 aliphatic heterocycles. The summed E-state index contributed by atoms with van der Waals surface area (Å²) < 4.78 is 24.3. The van der Waals surface area contributed by atoms with Gasteiger partial charge < -0.3 is 14.6 Å². The van der Waals surface area contributed by atoms with E-state index >= 15 is 0 Å². The Morgan fingerprint density at radius 2 is 2.26 bits per heavy atom. The summed E-state index contributed by atoms with van der Waals surface area (Å²) in [5.41, 5.74) is 0.386. The monoisotopic (exact) mass is 319 g/mol. The summed E-state index contributed by atoms with van der Waals surface area (Å²) in [6.45, 7) is 2.76. The molecule has 2 aromatic rings. The molecule has 1 N–H and O–H groups in total. The van der Waals surface area contributed by atoms with Crippen molar-refractivity contribution in [3.05, 3.63) is 47.4 Å². The van der Waals surface area contributed by atoms with Gasteiger partial charge in [-0.25, -0.2) is 4.39 Å². The second-order valence-corrected chi connectivity index (χ2v) is 5.59. The Morgan fingerprint density at radius 1 is 1.43 bits per heavy atom. The minimum Gasteiger partial charge on any atom is -0.368 e. The van der Waals surface area contributed by atoms with E-state index in [0.717, 1.165) is 6.42 Å². The Bertz CT molecular complexity index is 689. The summed E-state index contributed by atoms with van der Waals surface area (Å²) >= 11 is 0. The molecule has 1 aromatic carbocycles. The lowest BCUT2D eigenvalue weighted by molar-refractivity contribution is -0.120. The van der Waals surface area contributed by atoms with Gasteiger partial charge in [-0.1, -0.05) is 23.4 Å². The molecule has 23 heavy (non-hydrogen) atoms. The molecule has 1 aromatic heterocycles. The first-order chi connectivity index (χ1) is 11.1. The Balaban J connectivity index is 1.55. The molecule has 6 nitrogen and oxygen atoms in total. The molecule has 1 saturated heterocycles. The van der Waals surface area contributed by atoms with Crippen molar-refractivity contribution in [3.8, 4) is 0 Å². The van der Waals surface area contributed by atoms with Crippen LogP contribution in [-0.4, -0.2) is 29.2 Å². The van der Waals surface area contributed by atoms with E-state index in [1.165, 1.54) is 6.07 Å². The zero-order valence-corrected chi connectivity index (χ0v) is 12.8. The van der Waals surface area contributed by atoms with Crippen LogP contribution in [0.2, 0.25) is 0 Å². The third kappa shape index (κ3) is 3.73. The fourth-order valence-electron chi connectivity index (χ4n) is 2.67. The molecule has 1 amide bonds. The molecule has 0 bridgehead atoms. The van der Waals surface area contributed by atoms with Crippen molar-refractivity contribution in [3.63, 3.8) is 0 Å². The van der Waals surface area contributed by atoms with E-state index in [9.17, 15) is 9.18 Å². The average molecular weight is 319 g/mol. The maximum Gasteiger partial charge on any atom is 0.256 e. The standard InChI is InChI=1S/C16H18FN3O3/c1-10-19-16(23-20-10)15-12(6-7-22-15)9-18-14(21)8-11-4-2-3-5-13(11)17/h2-5,12,15H,6-9H2,1H3,(H,18,21)/t12-,15-/m0/s1. The van der Waals surface area contributed by atoms with E-state index in [4.69, 9.17) is 9.26 Å². The number of amides is 1. The van der Waals surface area contributed by atoms with Crippen molar-refractivity contribution in [1.82, 2.24) is 15.5 Å². The molecule has 0 unspecified atom stereocenters. The SMILES string of the molecule is Cc1noc([C@H]2OCC[C@H]2CNC(=O)Cc2ccccc2F)n1. The number of aryl methyl sites for hydroxylation is 1. The molecule has 1 aliphatic rings. The van der Waals surface area contributed by atoms with E-state index < -0.39 is 0 Å². The lowest BCUT2D eigenvalue weighted by atomic mass is 10.0. The molecular weight excluding hydrogens is 301 g/mol. The van der Waals surface area contributed by atoms with Gasteiger partial charge in [-0.2, -0.15) is 4.98 Å². The van der Waals surface area contributed by atoms with Crippen LogP contribution in [0, 0.1) is 18.7 Å². The van der Waals surface area contributed by atoms with Crippen LogP contribution in [-0.2, 0) is 16.0 Å². The number of carbonyl (C=O) groups excluding carboxylic acids is 1. The van der Waals surface area contributed by atoms with Crippen LogP contribution in [0.5, 0.6) is 0 Å². The van der Waals surface area contributed by atoms with Gasteiger partial charge in [0.2, 0.25) is 5.91 Å². The first kappa shape index (κ1) is 15.6. The van der Waals surface area contributed by atoms with Crippen LogP contribution in [0.15, 0.2) is 28.8 Å². The largest absolute Gasteiger partial charge is 0.368 e. The van der Waals surface area contributed by atoms with Crippen LogP contribution in [0.25, 0.3) is 0 Å². The second kappa shape index (κ2) is 6.87. The van der Waals surface area contributed by atoms with Crippen molar-refractivity contribution in [2.75, 3.05) is 13.2 Å². The van der Waals surface area contributed by atoms with Crippen molar-refractivity contribution >= 4 is 5.91 Å². The Labute approximate surface area is 133 Å². The number of ether oxygens (including phenoxy) is 1. The van der Waals surface area contributed by atoms with Crippen molar-refractivity contribution in [2.24, 2.45) is 5.92 Å². The van der Waals surface area contributed by atoms with E-state index in [1.54, 1.807) is 25.1 Å². The predicted octanol–water partition coefficient (Wildman–Crippen LogP) is 1.95. The third-order valence-electron chi connectivity index (χ3n) is 3.87. The number of hydrogen-bond donors (Lipinski definition) is 1. The minimum absolute atomic E-state index is 0.0184. The fourth-order valence-corrected chi connectivity index (χ4v) is 2.67. The zero-order chi connectivity index (χ0) is 16.2. The number of carbonyl (C=O) groups is 1. The number of benzene rings is 1. The van der Waals surface area contributed by atoms with Crippen LogP contribution >= 0.6 is 0 Å². The first-order valence-corrected chi connectivity index (χ1v) is 7.55. The van der Waals surface area contributed by atoms with Crippen molar-refractivity contribution < 1.29 is 18.4 Å². The summed E-state index contributed by atoms with van der Waals surface area (Å²) in [4.78, 5) is 16.2. The molecule has 1 fully saturated rings. The highest BCUT2D eigenvalue weighted by molar-refractivity contribution is 5.78. The van der Waals surface area contributed by atoms with Gasteiger partial charge in [0.1, 0.15) is 11.9 Å². The Morgan fingerprint density at radius 3 is 3.00 bits per heavy atom. The second-order valence-electron chi connectivity index (χ2n) is 5.59. The summed E-state index contributed by atoms with van der Waals surface area (Å²) in [5.74, 6) is 0.471. The van der Waals surface area contributed by atoms with Crippen LogP contribution in [0.4, 0.5) is 4.39 Å². The Kier molecular flexibility index (Phi) is 4.66. The highest BCUT2D eigenvalue weighted by atomic mass is 19.1. The Hall–Kier alpha value is -2.28. The van der Waals surface area contributed by atoms with Gasteiger partial charge in [0, 0.05) is 19.1 Å². The number of aromatic nitrogens is 2. The molecule has 2 atom stereocenters. The van der Waals surface area contributed by atoms with Gasteiger partial charge in [0.05, 0.1) is 6.42 Å². The first-order valence-electron chi connectivity index (χ1n) is 7.55. The molecule has 2 heterocycles. The fraction of sp³-hybridized carbons (Fsp3) is 0.438. The zero-order valence-electron chi connectivity index (χ0n) is 12.8. The highest BCUT2D eigenvalue weighted by Crippen LogP contribution is 2.33. The molecular formula is C16H18FN3O3. The summed E-state index contributed by atoms with van der Waals surface area (Å²) in [7, 11) is 0. The summed E-state index contributed by atoms with van der Waals surface area (Å²) in [6, 6.07) is 6.27. The molecule has 0 saturated carbocycles. The number of rotatable bonds is 5. The summed E-state index contributed by atoms with van der Waals surface area (Å²) in [5, 5.41) is 6.59. The van der Waals surface area contributed by atoms with Gasteiger partial charge in [0.25, 0.3) is 5.89 Å². The number of nitrogens with one attached hydrogen (secondary N) is 1. The van der Waals surface area contributed by atoms with E-state index in [2.05, 4.69) is 15.5 Å². The molecule has 122 valence electrons. The molecule has 0 aliphatic carbocycles. The average Bonchev–Trinajstić information content (AvgIpc) is 3.16. The smallest absolute Gasteiger partial charge is 0.256 e. The van der Waals surface area contributed by atoms with Crippen LogP contribution < -0.4 is 5.32 Å². The van der Waals surface area contributed by atoms with Crippen molar-refractivity contribution in [1.29, 1.82) is 0 Å². The topological polar surface area (TPSA) is 77.3 Å². The summed E-state index contributed by atoms with van der Waals surface area (Å²) in [6.07, 6.45) is 0.515. The maximum atomic E-state index is 13.5. The van der Waals surface area contributed by atoms with Gasteiger partial charge >= 0.3 is 0 Å². The van der Waals surface area contributed by atoms with Crippen LogP contribution in [0.1, 0.15) is 29.8 Å². The molecule has 0 radical (unpaired) electrons. The van der Waals surface area contributed by atoms with Gasteiger partial charge in [-0.3, -0.25) is 4.79 Å². The minimum atomic E-state index is -0.369. The van der Waals surface area contributed by atoms with Crippen molar-refractivity contribution in [2.45, 2.75) is 25.9 Å². The predicted molar refractivity (Wildman–Crippen MR) is 78.9 cm³/mol. The molecule has 7 heteroatoms. The van der Waals surface area contributed by atoms with E-state index in [0.29, 0.717) is 30.4 Å². The number of nitrogens with zero attached hydrogens (tertiary/aromatic N) is 2. The maximum absolute atomic E-state index is 13.5. The number of hydrogen-bond acceptors (Lipinski definition) is 5. The number of halogens is 1. The molecule has 3 rings (SSSR count). The van der Waals surface area contributed by atoms with E-state index in [-0.39, 0.29) is 30.2 Å². The van der Waals surface area contributed by atoms with E-state index in [1.807, 2.05) is 0 Å². The van der Waals surface area contributed by atoms with Crippen LogP contribution in [0.3, 0.4) is 0 Å². The lowest BCUT2D eigenvalue weighted by Gasteiger charge is -2.15. The van der Waals surface area contributed by atoms with Gasteiger partial charge in [-0.15, -0.1) is 0 Å². The van der Waals surface area contributed by atoms with Gasteiger partial charge in [-0.05, 0) is 25.0 Å². The van der Waals surface area contributed by atoms with Gasteiger partial charge in [0.15, 0.2) is 5.82 Å². The normalized spacial score (nSPS) is 20.6. The quantitative estimate of drug-likeness (QED) is 0.911.